The van der Waals surface area contributed by atoms with Crippen LogP contribution >= 0.6 is 0 Å². The number of nitrogen functional groups attached to an aromatic ring is 1. The minimum atomic E-state index is -0.281. The third-order valence-electron chi connectivity index (χ3n) is 2.64. The molecule has 2 aromatic rings. The molecule has 1 aromatic carbocycles. The number of nitrogens with one attached hydrogen (secondary N) is 1. The summed E-state index contributed by atoms with van der Waals surface area (Å²) in [6, 6.07) is 6.81. The third-order valence-corrected chi connectivity index (χ3v) is 2.64. The van der Waals surface area contributed by atoms with Gasteiger partial charge in [0.15, 0.2) is 0 Å². The molecule has 1 heterocycles. The van der Waals surface area contributed by atoms with Gasteiger partial charge in [-0.15, -0.1) is 0 Å². The van der Waals surface area contributed by atoms with Gasteiger partial charge in [-0.3, -0.25) is 4.79 Å². The molecule has 1 aromatic heterocycles. The van der Waals surface area contributed by atoms with Crippen molar-refractivity contribution in [1.82, 2.24) is 10.5 Å². The van der Waals surface area contributed by atoms with E-state index >= 15 is 0 Å². The minimum Gasteiger partial charge on any atom is -0.495 e. The number of methoxy groups -OCH3 is 1. The molecular weight excluding hydrogens is 246 g/mol. The molecule has 0 saturated heterocycles. The average Bonchev–Trinajstić information content (AvgIpc) is 2.82. The van der Waals surface area contributed by atoms with Crippen LogP contribution in [0.5, 0.6) is 5.75 Å². The van der Waals surface area contributed by atoms with Gasteiger partial charge in [-0.25, -0.2) is 0 Å². The number of carbonyl (C=O) groups excluding carboxylic acids is 1. The van der Waals surface area contributed by atoms with Crippen LogP contribution in [0.2, 0.25) is 0 Å². The molecule has 0 bridgehead atoms. The van der Waals surface area contributed by atoms with Crippen molar-refractivity contribution in [3.05, 3.63) is 41.3 Å². The number of nitrogens with two attached hydrogens (primary N) is 1. The Kier molecular flexibility index (Phi) is 3.70. The monoisotopic (exact) mass is 261 g/mol. The van der Waals surface area contributed by atoms with E-state index in [9.17, 15) is 4.79 Å². The van der Waals surface area contributed by atoms with Crippen LogP contribution in [0.25, 0.3) is 0 Å². The number of rotatable bonds is 4. The molecule has 0 aliphatic carbocycles. The molecule has 19 heavy (non-hydrogen) atoms. The normalized spacial score (nSPS) is 10.2. The maximum Gasteiger partial charge on any atom is 0.253 e. The van der Waals surface area contributed by atoms with E-state index in [-0.39, 0.29) is 12.5 Å². The first kappa shape index (κ1) is 12.9. The molecule has 0 radical (unpaired) electrons. The Morgan fingerprint density at radius 2 is 2.32 bits per heavy atom. The van der Waals surface area contributed by atoms with Crippen molar-refractivity contribution in [3.63, 3.8) is 0 Å². The van der Waals surface area contributed by atoms with Gasteiger partial charge < -0.3 is 20.3 Å². The molecule has 0 saturated carbocycles. The third kappa shape index (κ3) is 2.85. The van der Waals surface area contributed by atoms with Gasteiger partial charge in [-0.05, 0) is 19.1 Å². The molecule has 2 rings (SSSR count). The van der Waals surface area contributed by atoms with E-state index in [1.54, 1.807) is 31.2 Å². The Morgan fingerprint density at radius 1 is 1.53 bits per heavy atom. The lowest BCUT2D eigenvalue weighted by atomic mass is 10.1. The standard InChI is InChI=1S/C13H15N3O3/c1-8-6-9(16-19-8)7-15-13(17)10-4-3-5-11(18-2)12(10)14/h3-6H,7,14H2,1-2H3,(H,15,17). The fourth-order valence-corrected chi connectivity index (χ4v) is 1.69. The highest BCUT2D eigenvalue weighted by molar-refractivity contribution is 6.00. The maximum atomic E-state index is 12.0. The van der Waals surface area contributed by atoms with E-state index in [1.807, 2.05) is 0 Å². The maximum absolute atomic E-state index is 12.0. The largest absolute Gasteiger partial charge is 0.495 e. The van der Waals surface area contributed by atoms with Crippen LogP contribution in [-0.4, -0.2) is 18.2 Å². The van der Waals surface area contributed by atoms with Gasteiger partial charge in [-0.2, -0.15) is 0 Å². The molecule has 0 aliphatic heterocycles. The number of aryl methyl sites for hydroxylation is 1. The van der Waals surface area contributed by atoms with Crippen LogP contribution in [-0.2, 0) is 6.54 Å². The molecule has 0 atom stereocenters. The Labute approximate surface area is 110 Å². The molecule has 3 N–H and O–H groups in total. The van der Waals surface area contributed by atoms with E-state index in [0.717, 1.165) is 0 Å². The number of hydrogen-bond donors (Lipinski definition) is 2. The molecule has 100 valence electrons. The lowest BCUT2D eigenvalue weighted by Crippen LogP contribution is -2.24. The van der Waals surface area contributed by atoms with Crippen molar-refractivity contribution in [2.24, 2.45) is 0 Å². The van der Waals surface area contributed by atoms with E-state index in [2.05, 4.69) is 10.5 Å². The van der Waals surface area contributed by atoms with E-state index in [1.165, 1.54) is 7.11 Å². The van der Waals surface area contributed by atoms with Crippen molar-refractivity contribution in [2.45, 2.75) is 13.5 Å². The number of hydrogen-bond acceptors (Lipinski definition) is 5. The van der Waals surface area contributed by atoms with Crippen LogP contribution in [0.4, 0.5) is 5.69 Å². The molecule has 0 unspecified atom stereocenters. The summed E-state index contributed by atoms with van der Waals surface area (Å²) in [4.78, 5) is 12.0. The number of nitrogens with zero attached hydrogens (tertiary/aromatic N) is 1. The number of ether oxygens (including phenoxy) is 1. The number of anilines is 1. The molecule has 6 heteroatoms. The first-order chi connectivity index (χ1) is 9.11. The fraction of sp³-hybridized carbons (Fsp3) is 0.231. The zero-order chi connectivity index (χ0) is 13.8. The fourth-order valence-electron chi connectivity index (χ4n) is 1.69. The summed E-state index contributed by atoms with van der Waals surface area (Å²) in [7, 11) is 1.51. The SMILES string of the molecule is COc1cccc(C(=O)NCc2cc(C)on2)c1N. The van der Waals surface area contributed by atoms with Gasteiger partial charge in [0.2, 0.25) is 0 Å². The second-order valence-electron chi connectivity index (χ2n) is 4.03. The highest BCUT2D eigenvalue weighted by Crippen LogP contribution is 2.24. The molecule has 6 nitrogen and oxygen atoms in total. The van der Waals surface area contributed by atoms with Crippen LogP contribution in [0, 0.1) is 6.92 Å². The Bertz CT molecular complexity index is 593. The van der Waals surface area contributed by atoms with Crippen molar-refractivity contribution in [3.8, 4) is 5.75 Å². The van der Waals surface area contributed by atoms with Crippen molar-refractivity contribution in [1.29, 1.82) is 0 Å². The Hall–Kier alpha value is -2.50. The number of amides is 1. The highest BCUT2D eigenvalue weighted by Gasteiger charge is 2.13. The summed E-state index contributed by atoms with van der Waals surface area (Å²) in [5.74, 6) is 0.895. The highest BCUT2D eigenvalue weighted by atomic mass is 16.5. The lowest BCUT2D eigenvalue weighted by Gasteiger charge is -2.09. The smallest absolute Gasteiger partial charge is 0.253 e. The topological polar surface area (TPSA) is 90.4 Å². The lowest BCUT2D eigenvalue weighted by molar-refractivity contribution is 0.0950. The van der Waals surface area contributed by atoms with E-state index in [4.69, 9.17) is 15.0 Å². The average molecular weight is 261 g/mol. The molecule has 1 amide bonds. The zero-order valence-electron chi connectivity index (χ0n) is 10.8. The number of aromatic nitrogens is 1. The Morgan fingerprint density at radius 3 is 2.95 bits per heavy atom. The van der Waals surface area contributed by atoms with Crippen molar-refractivity contribution in [2.75, 3.05) is 12.8 Å². The Balaban J connectivity index is 2.08. The van der Waals surface area contributed by atoms with Gasteiger partial charge in [0, 0.05) is 6.07 Å². The van der Waals surface area contributed by atoms with E-state index < -0.39 is 0 Å². The van der Waals surface area contributed by atoms with Gasteiger partial charge in [0.05, 0.1) is 24.9 Å². The van der Waals surface area contributed by atoms with Crippen LogP contribution in [0.15, 0.2) is 28.8 Å². The second kappa shape index (κ2) is 5.43. The first-order valence-corrected chi connectivity index (χ1v) is 5.74. The molecular formula is C13H15N3O3. The van der Waals surface area contributed by atoms with Gasteiger partial charge in [0.1, 0.15) is 17.2 Å². The summed E-state index contributed by atoms with van der Waals surface area (Å²) in [6.07, 6.45) is 0. The van der Waals surface area contributed by atoms with Crippen LogP contribution in [0.1, 0.15) is 21.8 Å². The number of benzene rings is 1. The predicted molar refractivity (Wildman–Crippen MR) is 69.8 cm³/mol. The second-order valence-corrected chi connectivity index (χ2v) is 4.03. The van der Waals surface area contributed by atoms with Crippen LogP contribution in [0.3, 0.4) is 0 Å². The van der Waals surface area contributed by atoms with Gasteiger partial charge >= 0.3 is 0 Å². The molecule has 0 fully saturated rings. The summed E-state index contributed by atoms with van der Waals surface area (Å²) >= 11 is 0. The minimum absolute atomic E-state index is 0.281. The number of carbonyl (C=O) groups is 1. The zero-order valence-corrected chi connectivity index (χ0v) is 10.8. The quantitative estimate of drug-likeness (QED) is 0.814. The van der Waals surface area contributed by atoms with E-state index in [0.29, 0.717) is 28.5 Å². The van der Waals surface area contributed by atoms with Crippen LogP contribution < -0.4 is 15.8 Å². The summed E-state index contributed by atoms with van der Waals surface area (Å²) in [5, 5.41) is 6.52. The molecule has 0 spiro atoms. The van der Waals surface area contributed by atoms with Crippen molar-refractivity contribution >= 4 is 11.6 Å². The number of para-hydroxylation sites is 1. The summed E-state index contributed by atoms with van der Waals surface area (Å²) in [5.41, 5.74) is 7.20. The summed E-state index contributed by atoms with van der Waals surface area (Å²) < 4.78 is 9.99. The molecule has 0 aliphatic rings. The summed E-state index contributed by atoms with van der Waals surface area (Å²) in [6.45, 7) is 2.07. The first-order valence-electron chi connectivity index (χ1n) is 5.74. The van der Waals surface area contributed by atoms with Gasteiger partial charge in [0.25, 0.3) is 5.91 Å². The van der Waals surface area contributed by atoms with Crippen molar-refractivity contribution < 1.29 is 14.1 Å². The van der Waals surface area contributed by atoms with Gasteiger partial charge in [-0.1, -0.05) is 11.2 Å². The predicted octanol–water partition coefficient (Wildman–Crippen LogP) is 1.50.